The molecule has 0 fully saturated rings. The minimum Gasteiger partial charge on any atom is -0.325 e. The zero-order valence-electron chi connectivity index (χ0n) is 15.9. The van der Waals surface area contributed by atoms with Crippen LogP contribution in [0.15, 0.2) is 58.8 Å². The Hall–Kier alpha value is -2.11. The molecule has 0 atom stereocenters. The van der Waals surface area contributed by atoms with Gasteiger partial charge in [0.1, 0.15) is 5.01 Å². The molecule has 0 aliphatic carbocycles. The van der Waals surface area contributed by atoms with Gasteiger partial charge in [-0.15, -0.1) is 23.1 Å². The van der Waals surface area contributed by atoms with E-state index in [4.69, 9.17) is 0 Å². The summed E-state index contributed by atoms with van der Waals surface area (Å²) in [5.74, 6) is 1.34. The normalized spacial score (nSPS) is 11.0. The van der Waals surface area contributed by atoms with Crippen molar-refractivity contribution in [2.24, 2.45) is 0 Å². The molecule has 1 amide bonds. The Bertz CT molecular complexity index is 901. The number of nitrogens with zero attached hydrogens (tertiary/aromatic N) is 1. The third-order valence-electron chi connectivity index (χ3n) is 4.26. The standard InChI is InChI=1S/C22H24N2OS2/c1-15(2)17-8-10-19(11-9-17)26-13-18-14-27-22(23-18)12-21(25)24-20-7-5-4-6-16(20)3/h4-11,14-15H,12-13H2,1-3H3,(H,24,25). The van der Waals surface area contributed by atoms with E-state index in [1.807, 2.05) is 36.6 Å². The van der Waals surface area contributed by atoms with E-state index in [0.29, 0.717) is 12.3 Å². The van der Waals surface area contributed by atoms with Gasteiger partial charge < -0.3 is 5.32 Å². The molecule has 0 saturated heterocycles. The van der Waals surface area contributed by atoms with Crippen LogP contribution in [0.2, 0.25) is 0 Å². The van der Waals surface area contributed by atoms with Gasteiger partial charge in [-0.2, -0.15) is 0 Å². The summed E-state index contributed by atoms with van der Waals surface area (Å²) < 4.78 is 0. The molecule has 3 nitrogen and oxygen atoms in total. The van der Waals surface area contributed by atoms with Crippen LogP contribution in [0, 0.1) is 6.92 Å². The maximum Gasteiger partial charge on any atom is 0.231 e. The summed E-state index contributed by atoms with van der Waals surface area (Å²) in [7, 11) is 0. The molecule has 0 unspecified atom stereocenters. The number of thioether (sulfide) groups is 1. The van der Waals surface area contributed by atoms with Gasteiger partial charge in [0.25, 0.3) is 0 Å². The smallest absolute Gasteiger partial charge is 0.231 e. The molecule has 0 radical (unpaired) electrons. The fraction of sp³-hybridized carbons (Fsp3) is 0.273. The number of anilines is 1. The van der Waals surface area contributed by atoms with Crippen molar-refractivity contribution in [2.75, 3.05) is 5.32 Å². The molecule has 5 heteroatoms. The summed E-state index contributed by atoms with van der Waals surface area (Å²) in [6.45, 7) is 6.39. The Morgan fingerprint density at radius 1 is 1.15 bits per heavy atom. The van der Waals surface area contributed by atoms with E-state index in [9.17, 15) is 4.79 Å². The quantitative estimate of drug-likeness (QED) is 0.494. The second kappa shape index (κ2) is 9.20. The summed E-state index contributed by atoms with van der Waals surface area (Å²) >= 11 is 3.32. The van der Waals surface area contributed by atoms with E-state index in [-0.39, 0.29) is 5.91 Å². The molecule has 27 heavy (non-hydrogen) atoms. The summed E-state index contributed by atoms with van der Waals surface area (Å²) in [6, 6.07) is 16.5. The number of para-hydroxylation sites is 1. The van der Waals surface area contributed by atoms with E-state index in [2.05, 4.69) is 48.4 Å². The van der Waals surface area contributed by atoms with E-state index in [1.165, 1.54) is 10.5 Å². The molecular formula is C22H24N2OS2. The number of rotatable bonds is 7. The van der Waals surface area contributed by atoms with Gasteiger partial charge >= 0.3 is 0 Å². The van der Waals surface area contributed by atoms with E-state index in [1.54, 1.807) is 23.1 Å². The molecule has 3 rings (SSSR count). The van der Waals surface area contributed by atoms with Crippen molar-refractivity contribution >= 4 is 34.7 Å². The Balaban J connectivity index is 1.52. The second-order valence-corrected chi connectivity index (χ2v) is 8.78. The molecule has 1 heterocycles. The average Bonchev–Trinajstić information content (AvgIpc) is 3.09. The highest BCUT2D eigenvalue weighted by Gasteiger charge is 2.10. The number of carbonyl (C=O) groups is 1. The molecule has 3 aromatic rings. The van der Waals surface area contributed by atoms with Gasteiger partial charge in [0.05, 0.1) is 12.1 Å². The summed E-state index contributed by atoms with van der Waals surface area (Å²) in [5, 5.41) is 5.86. The summed E-state index contributed by atoms with van der Waals surface area (Å²) in [4.78, 5) is 18.1. The van der Waals surface area contributed by atoms with Crippen LogP contribution < -0.4 is 5.32 Å². The topological polar surface area (TPSA) is 42.0 Å². The number of amides is 1. The maximum atomic E-state index is 12.3. The number of nitrogens with one attached hydrogen (secondary N) is 1. The van der Waals surface area contributed by atoms with Crippen LogP contribution in [0.5, 0.6) is 0 Å². The van der Waals surface area contributed by atoms with Crippen LogP contribution in [0.4, 0.5) is 5.69 Å². The van der Waals surface area contributed by atoms with E-state index in [0.717, 1.165) is 27.7 Å². The number of hydrogen-bond donors (Lipinski definition) is 1. The highest BCUT2D eigenvalue weighted by atomic mass is 32.2. The lowest BCUT2D eigenvalue weighted by atomic mass is 10.0. The van der Waals surface area contributed by atoms with Gasteiger partial charge in [0.2, 0.25) is 5.91 Å². The highest BCUT2D eigenvalue weighted by Crippen LogP contribution is 2.26. The average molecular weight is 397 g/mol. The zero-order chi connectivity index (χ0) is 19.2. The Kier molecular flexibility index (Phi) is 6.69. The highest BCUT2D eigenvalue weighted by molar-refractivity contribution is 7.98. The Morgan fingerprint density at radius 2 is 1.89 bits per heavy atom. The number of carbonyl (C=O) groups excluding carboxylic acids is 1. The van der Waals surface area contributed by atoms with E-state index < -0.39 is 0 Å². The van der Waals surface area contributed by atoms with Gasteiger partial charge in [-0.05, 0) is 42.2 Å². The Labute approximate surface area is 169 Å². The van der Waals surface area contributed by atoms with Crippen LogP contribution >= 0.6 is 23.1 Å². The van der Waals surface area contributed by atoms with Crippen molar-refractivity contribution in [3.63, 3.8) is 0 Å². The molecule has 0 aliphatic rings. The van der Waals surface area contributed by atoms with Crippen molar-refractivity contribution in [1.29, 1.82) is 0 Å². The zero-order valence-corrected chi connectivity index (χ0v) is 17.5. The van der Waals surface area contributed by atoms with Crippen molar-refractivity contribution in [1.82, 2.24) is 4.98 Å². The molecule has 0 spiro atoms. The fourth-order valence-electron chi connectivity index (χ4n) is 2.65. The lowest BCUT2D eigenvalue weighted by Crippen LogP contribution is -2.15. The summed E-state index contributed by atoms with van der Waals surface area (Å²) in [5.41, 5.74) is 4.30. The fourth-order valence-corrected chi connectivity index (χ4v) is 4.34. The van der Waals surface area contributed by atoms with Gasteiger partial charge in [-0.3, -0.25) is 4.79 Å². The maximum absolute atomic E-state index is 12.3. The van der Waals surface area contributed by atoms with E-state index >= 15 is 0 Å². The minimum absolute atomic E-state index is 0.0258. The molecule has 1 N–H and O–H groups in total. The van der Waals surface area contributed by atoms with Crippen LogP contribution in [-0.4, -0.2) is 10.9 Å². The molecule has 2 aromatic carbocycles. The largest absolute Gasteiger partial charge is 0.325 e. The van der Waals surface area contributed by atoms with Crippen LogP contribution in [0.25, 0.3) is 0 Å². The van der Waals surface area contributed by atoms with Crippen molar-refractivity contribution in [3.05, 3.63) is 75.7 Å². The first-order chi connectivity index (χ1) is 13.0. The number of thiazole rings is 1. The van der Waals surface area contributed by atoms with Crippen LogP contribution in [0.1, 0.15) is 41.6 Å². The number of aromatic nitrogens is 1. The monoisotopic (exact) mass is 396 g/mol. The van der Waals surface area contributed by atoms with Crippen molar-refractivity contribution in [3.8, 4) is 0 Å². The van der Waals surface area contributed by atoms with Gasteiger partial charge in [0.15, 0.2) is 0 Å². The summed E-state index contributed by atoms with van der Waals surface area (Å²) in [6.07, 6.45) is 0.312. The predicted octanol–water partition coefficient (Wildman–Crippen LogP) is 6.05. The first-order valence-corrected chi connectivity index (χ1v) is 10.9. The third-order valence-corrected chi connectivity index (χ3v) is 6.21. The predicted molar refractivity (Wildman–Crippen MR) is 116 cm³/mol. The van der Waals surface area contributed by atoms with Crippen molar-refractivity contribution < 1.29 is 4.79 Å². The molecule has 0 aliphatic heterocycles. The second-order valence-electron chi connectivity index (χ2n) is 6.78. The van der Waals surface area contributed by atoms with Crippen molar-refractivity contribution in [2.45, 2.75) is 43.8 Å². The van der Waals surface area contributed by atoms with Gasteiger partial charge in [0, 0.05) is 21.7 Å². The number of benzene rings is 2. The number of hydrogen-bond acceptors (Lipinski definition) is 4. The molecule has 0 bridgehead atoms. The Morgan fingerprint density at radius 3 is 2.59 bits per heavy atom. The molecule has 1 aromatic heterocycles. The van der Waals surface area contributed by atoms with Gasteiger partial charge in [-0.25, -0.2) is 4.98 Å². The SMILES string of the molecule is Cc1ccccc1NC(=O)Cc1nc(CSc2ccc(C(C)C)cc2)cs1. The third kappa shape index (κ3) is 5.68. The lowest BCUT2D eigenvalue weighted by molar-refractivity contribution is -0.115. The first kappa shape index (κ1) is 19.6. The lowest BCUT2D eigenvalue weighted by Gasteiger charge is -2.07. The minimum atomic E-state index is -0.0258. The molecule has 0 saturated carbocycles. The molecule has 140 valence electrons. The van der Waals surface area contributed by atoms with Gasteiger partial charge in [-0.1, -0.05) is 44.2 Å². The van der Waals surface area contributed by atoms with Crippen LogP contribution in [-0.2, 0) is 17.0 Å². The first-order valence-electron chi connectivity index (χ1n) is 9.03. The van der Waals surface area contributed by atoms with Crippen LogP contribution in [0.3, 0.4) is 0 Å². The molecular weight excluding hydrogens is 372 g/mol. The number of aryl methyl sites for hydroxylation is 1.